The molecule has 0 spiro atoms. The lowest BCUT2D eigenvalue weighted by molar-refractivity contribution is -0.142. The van der Waals surface area contributed by atoms with Gasteiger partial charge in [0.2, 0.25) is 35.4 Å². The third kappa shape index (κ3) is 18.7. The Morgan fingerprint density at radius 3 is 1.25 bits per heavy atom. The van der Waals surface area contributed by atoms with E-state index in [1.165, 1.54) is 9.80 Å². The van der Waals surface area contributed by atoms with Crippen molar-refractivity contribution >= 4 is 47.3 Å². The number of carbonyl (C=O) groups is 8. The van der Waals surface area contributed by atoms with Gasteiger partial charge in [0.1, 0.15) is 12.1 Å². The van der Waals surface area contributed by atoms with Gasteiger partial charge in [-0.3, -0.25) is 38.4 Å². The second kappa shape index (κ2) is 31.2. The van der Waals surface area contributed by atoms with Crippen molar-refractivity contribution < 1.29 is 55.9 Å². The Balaban J connectivity index is 0.887. The van der Waals surface area contributed by atoms with Gasteiger partial charge in [0.05, 0.1) is 44.3 Å². The topological polar surface area (TPSA) is 210 Å². The monoisotopic (exact) mass is 1230 g/mol. The number of hydrogen-bond acceptors (Lipinski definition) is 9. The highest BCUT2D eigenvalue weighted by atomic mass is 19.3. The van der Waals surface area contributed by atoms with Gasteiger partial charge < -0.3 is 46.2 Å². The van der Waals surface area contributed by atoms with Gasteiger partial charge in [0.25, 0.3) is 23.7 Å². The zero-order chi connectivity index (χ0) is 63.8. The maximum Gasteiger partial charge on any atom is 0.267 e. The molecule has 8 rings (SSSR count). The second-order valence-electron chi connectivity index (χ2n) is 25.0. The molecule has 4 aromatic carbocycles. The minimum absolute atomic E-state index is 0.117. The maximum absolute atomic E-state index is 15.5. The van der Waals surface area contributed by atoms with Crippen LogP contribution < -0.4 is 26.6 Å². The number of rotatable bonds is 26. The molecule has 4 aromatic rings. The fraction of sp³-hybridized carbons (Fsp3) is 0.529. The largest absolute Gasteiger partial charge is 0.344 e. The van der Waals surface area contributed by atoms with E-state index in [-0.39, 0.29) is 55.0 Å². The highest BCUT2D eigenvalue weighted by Gasteiger charge is 2.52. The maximum atomic E-state index is 15.5. The number of nitrogens with zero attached hydrogens (tertiary/aromatic N) is 4. The fourth-order valence-electron chi connectivity index (χ4n) is 12.8. The van der Waals surface area contributed by atoms with Crippen LogP contribution in [0.1, 0.15) is 130 Å². The molecule has 17 nitrogen and oxygen atoms in total. The van der Waals surface area contributed by atoms with Crippen molar-refractivity contribution in [1.29, 1.82) is 0 Å². The van der Waals surface area contributed by atoms with Crippen molar-refractivity contribution in [3.05, 3.63) is 131 Å². The summed E-state index contributed by atoms with van der Waals surface area (Å²) in [6.45, 7) is 2.27. The quantitative estimate of drug-likeness (QED) is 0.0388. The lowest BCUT2D eigenvalue weighted by atomic mass is 9.83. The Morgan fingerprint density at radius 1 is 0.517 bits per heavy atom. The molecule has 21 heteroatoms. The van der Waals surface area contributed by atoms with E-state index in [0.717, 1.165) is 59.5 Å². The van der Waals surface area contributed by atoms with Gasteiger partial charge in [-0.05, 0) is 111 Å². The summed E-state index contributed by atoms with van der Waals surface area (Å²) in [4.78, 5) is 116. The van der Waals surface area contributed by atoms with Crippen LogP contribution in [-0.4, -0.2) is 168 Å². The Hall–Kier alpha value is -7.68. The van der Waals surface area contributed by atoms with E-state index >= 15 is 17.6 Å². The minimum Gasteiger partial charge on any atom is -0.344 e. The molecule has 0 unspecified atom stereocenters. The minimum atomic E-state index is -3.24. The normalized spacial score (nSPS) is 19.4. The van der Waals surface area contributed by atoms with Crippen molar-refractivity contribution in [3.8, 4) is 11.1 Å². The Kier molecular flexibility index (Phi) is 23.6. The van der Waals surface area contributed by atoms with Crippen LogP contribution in [0.15, 0.2) is 109 Å². The molecule has 89 heavy (non-hydrogen) atoms. The molecule has 2 aliphatic carbocycles. The fourth-order valence-corrected chi connectivity index (χ4v) is 12.8. The summed E-state index contributed by atoms with van der Waals surface area (Å²) in [6, 6.07) is 27.0. The predicted octanol–water partition coefficient (Wildman–Crippen LogP) is 7.82. The summed E-state index contributed by atoms with van der Waals surface area (Å²) in [5.74, 6) is -11.5. The summed E-state index contributed by atoms with van der Waals surface area (Å²) in [5.41, 5.74) is 3.63. The highest BCUT2D eigenvalue weighted by Crippen LogP contribution is 2.37. The number of hydrogen-bond donors (Lipinski definition) is 5. The Bertz CT molecular complexity index is 3050. The lowest BCUT2D eigenvalue weighted by Crippen LogP contribution is -2.58. The van der Waals surface area contributed by atoms with Crippen LogP contribution in [0.3, 0.4) is 0 Å². The molecule has 2 saturated heterocycles. The standard InChI is InChI=1S/C68H87F4N9O8/c1-45(2)61(84)76-59(51-21-13-7-14-22-51)65(88)80-43-67(69,70)37-55(80)41-78(35-33-47-17-9-5-10-18-47)57(82)39-74-63(86)53-29-25-49(26-30-53)50-27-31-54(32-28-50)64(87)75-40-58(83)79(36-34-48-19-11-6-12-20-48)42-56-38-68(71,72)44-81(56)66(89)60(52-23-15-8-16-24-52)77-62(85)46(3)73-4/h5-6,9-12,17-20,25-32,45-46,51-52,55-56,59-60,73H,7-8,13-16,21-24,33-44H2,1-4H3,(H,74,86)(H,75,87)(H,76,84)(H,77,85)/t46-,55-,56-,59-,60-/m0/s1. The molecule has 4 aliphatic rings. The van der Waals surface area contributed by atoms with Crippen molar-refractivity contribution in [2.45, 2.75) is 153 Å². The van der Waals surface area contributed by atoms with Gasteiger partial charge >= 0.3 is 0 Å². The molecule has 2 aliphatic heterocycles. The molecule has 2 saturated carbocycles. The molecular weight excluding hydrogens is 1150 g/mol. The van der Waals surface area contributed by atoms with Crippen LogP contribution in [0.4, 0.5) is 17.6 Å². The van der Waals surface area contributed by atoms with Crippen molar-refractivity contribution in [3.63, 3.8) is 0 Å². The Labute approximate surface area is 519 Å². The predicted molar refractivity (Wildman–Crippen MR) is 330 cm³/mol. The van der Waals surface area contributed by atoms with Gasteiger partial charge in [-0.15, -0.1) is 0 Å². The third-order valence-electron chi connectivity index (χ3n) is 18.1. The number of amides is 8. The van der Waals surface area contributed by atoms with Crippen LogP contribution >= 0.6 is 0 Å². The lowest BCUT2D eigenvalue weighted by Gasteiger charge is -2.36. The molecule has 5 atom stereocenters. The first-order valence-corrected chi connectivity index (χ1v) is 31.6. The van der Waals surface area contributed by atoms with Crippen LogP contribution in [-0.2, 0) is 41.6 Å². The van der Waals surface area contributed by atoms with Crippen LogP contribution in [0, 0.1) is 17.8 Å². The van der Waals surface area contributed by atoms with Crippen molar-refractivity contribution in [1.82, 2.24) is 46.2 Å². The van der Waals surface area contributed by atoms with E-state index < -0.39 is 128 Å². The Morgan fingerprint density at radius 2 is 0.888 bits per heavy atom. The zero-order valence-electron chi connectivity index (χ0n) is 51.6. The number of likely N-dealkylation sites (N-methyl/N-ethyl adjacent to an activating group) is 1. The second-order valence-corrected chi connectivity index (χ2v) is 25.0. The average Bonchev–Trinajstić information content (AvgIpc) is 2.20. The molecule has 4 fully saturated rings. The molecule has 8 amide bonds. The molecule has 480 valence electrons. The highest BCUT2D eigenvalue weighted by molar-refractivity contribution is 5.98. The summed E-state index contributed by atoms with van der Waals surface area (Å²) in [6.07, 6.45) is 7.50. The van der Waals surface area contributed by atoms with Crippen molar-refractivity contribution in [2.24, 2.45) is 17.8 Å². The first-order valence-electron chi connectivity index (χ1n) is 31.6. The third-order valence-corrected chi connectivity index (χ3v) is 18.1. The molecule has 5 N–H and O–H groups in total. The number of benzene rings is 4. The number of alkyl halides is 4. The van der Waals surface area contributed by atoms with E-state index in [9.17, 15) is 38.4 Å². The van der Waals surface area contributed by atoms with Gasteiger partial charge in [0.15, 0.2) is 0 Å². The van der Waals surface area contributed by atoms with E-state index in [0.29, 0.717) is 49.7 Å². The summed E-state index contributed by atoms with van der Waals surface area (Å²) in [7, 11) is 1.62. The molecule has 2 heterocycles. The van der Waals surface area contributed by atoms with Gasteiger partial charge in [0, 0.05) is 56.1 Å². The van der Waals surface area contributed by atoms with Crippen LogP contribution in [0.2, 0.25) is 0 Å². The first kappa shape index (κ1) is 67.3. The van der Waals surface area contributed by atoms with E-state index in [2.05, 4.69) is 26.6 Å². The van der Waals surface area contributed by atoms with E-state index in [1.807, 2.05) is 60.7 Å². The summed E-state index contributed by atoms with van der Waals surface area (Å²) >= 11 is 0. The van der Waals surface area contributed by atoms with Crippen molar-refractivity contribution in [2.75, 3.05) is 59.4 Å². The smallest absolute Gasteiger partial charge is 0.267 e. The first-order chi connectivity index (χ1) is 42.6. The summed E-state index contributed by atoms with van der Waals surface area (Å²) in [5, 5.41) is 14.0. The number of carbonyl (C=O) groups excluding carboxylic acids is 8. The van der Waals surface area contributed by atoms with E-state index in [4.69, 9.17) is 0 Å². The SMILES string of the molecule is CN[C@@H](C)C(=O)N[C@H](C(=O)N1CC(F)(F)C[C@H]1CN(CCc1ccccc1)C(=O)CNC(=O)c1ccc(-c2ccc(C(=O)NCC(=O)N(CCc3ccccc3)C[C@@H]3CC(F)(F)CN3C(=O)[C@@H](NC(=O)C(C)C)C3CCCCC3)cc2)cc1)C1CCCCC1. The molecule has 0 aromatic heterocycles. The van der Waals surface area contributed by atoms with Gasteiger partial charge in [-0.1, -0.05) is 137 Å². The van der Waals surface area contributed by atoms with Gasteiger partial charge in [-0.25, -0.2) is 17.6 Å². The van der Waals surface area contributed by atoms with E-state index in [1.54, 1.807) is 76.3 Å². The number of likely N-dealkylation sites (tertiary alicyclic amines) is 2. The average molecular weight is 1230 g/mol. The number of nitrogens with one attached hydrogen (secondary N) is 5. The zero-order valence-corrected chi connectivity index (χ0v) is 51.6. The van der Waals surface area contributed by atoms with Crippen LogP contribution in [0.25, 0.3) is 11.1 Å². The molecular formula is C68H87F4N9O8. The van der Waals surface area contributed by atoms with Crippen LogP contribution in [0.5, 0.6) is 0 Å². The molecule has 0 bridgehead atoms. The summed E-state index contributed by atoms with van der Waals surface area (Å²) < 4.78 is 61.9. The molecule has 0 radical (unpaired) electrons. The van der Waals surface area contributed by atoms with Gasteiger partial charge in [-0.2, -0.15) is 0 Å². The number of halogens is 4.